The SMILES string of the molecule is C=CCOc1nc(NC(=O)c2ccccc2)c2ncn([C@H]3C[C@H](O)[C@@H](CO)O3)c2n1. The Morgan fingerprint density at radius 1 is 1.37 bits per heavy atom. The van der Waals surface area contributed by atoms with Gasteiger partial charge in [0, 0.05) is 12.0 Å². The molecule has 1 aromatic carbocycles. The van der Waals surface area contributed by atoms with Gasteiger partial charge in [0.1, 0.15) is 18.9 Å². The number of nitrogens with zero attached hydrogens (tertiary/aromatic N) is 4. The van der Waals surface area contributed by atoms with Crippen LogP contribution in [0.2, 0.25) is 0 Å². The average molecular weight is 411 g/mol. The van der Waals surface area contributed by atoms with Crippen LogP contribution >= 0.6 is 0 Å². The van der Waals surface area contributed by atoms with Crippen molar-refractivity contribution in [1.82, 2.24) is 19.5 Å². The molecule has 4 rings (SSSR count). The van der Waals surface area contributed by atoms with Crippen molar-refractivity contribution in [2.75, 3.05) is 18.5 Å². The minimum atomic E-state index is -0.812. The summed E-state index contributed by atoms with van der Waals surface area (Å²) >= 11 is 0. The lowest BCUT2D eigenvalue weighted by Gasteiger charge is -2.14. The van der Waals surface area contributed by atoms with Gasteiger partial charge in [0.15, 0.2) is 17.0 Å². The molecule has 0 saturated carbocycles. The Balaban J connectivity index is 1.71. The molecule has 1 fully saturated rings. The summed E-state index contributed by atoms with van der Waals surface area (Å²) in [6.07, 6.45) is 1.22. The quantitative estimate of drug-likeness (QED) is 0.496. The smallest absolute Gasteiger partial charge is 0.320 e. The van der Waals surface area contributed by atoms with Gasteiger partial charge in [-0.25, -0.2) is 4.98 Å². The standard InChI is InChI=1S/C20H21N5O5/c1-2-8-29-20-23-17(22-19(28)12-6-4-3-5-7-12)16-18(24-20)25(11-21-16)15-9-13(27)14(10-26)30-15/h2-7,11,13-15,26-27H,1,8-10H2,(H,22,23,24,28)/t13-,14+,15+/m0/s1. The van der Waals surface area contributed by atoms with E-state index >= 15 is 0 Å². The third-order valence-corrected chi connectivity index (χ3v) is 4.69. The molecule has 3 N–H and O–H groups in total. The van der Waals surface area contributed by atoms with Crippen LogP contribution in [-0.4, -0.2) is 61.1 Å². The number of carbonyl (C=O) groups is 1. The topological polar surface area (TPSA) is 132 Å². The van der Waals surface area contributed by atoms with E-state index in [0.29, 0.717) is 16.7 Å². The molecule has 0 bridgehead atoms. The highest BCUT2D eigenvalue weighted by molar-refractivity contribution is 6.06. The maximum Gasteiger partial charge on any atom is 0.320 e. The number of rotatable bonds is 7. The fourth-order valence-corrected chi connectivity index (χ4v) is 3.21. The number of benzene rings is 1. The minimum Gasteiger partial charge on any atom is -0.459 e. The first-order valence-electron chi connectivity index (χ1n) is 9.39. The Morgan fingerprint density at radius 3 is 2.87 bits per heavy atom. The Bertz CT molecular complexity index is 1050. The molecule has 3 aromatic rings. The van der Waals surface area contributed by atoms with Crippen LogP contribution in [0.4, 0.5) is 5.82 Å². The van der Waals surface area contributed by atoms with Crippen molar-refractivity contribution in [3.63, 3.8) is 0 Å². The maximum atomic E-state index is 12.6. The van der Waals surface area contributed by atoms with Crippen LogP contribution in [0.5, 0.6) is 6.01 Å². The van der Waals surface area contributed by atoms with Gasteiger partial charge >= 0.3 is 6.01 Å². The molecule has 0 aliphatic carbocycles. The van der Waals surface area contributed by atoms with E-state index in [2.05, 4.69) is 26.8 Å². The van der Waals surface area contributed by atoms with E-state index in [0.717, 1.165) is 0 Å². The molecular weight excluding hydrogens is 390 g/mol. The first kappa shape index (κ1) is 20.0. The number of carbonyl (C=O) groups excluding carboxylic acids is 1. The summed E-state index contributed by atoms with van der Waals surface area (Å²) in [5.74, 6) is -0.170. The van der Waals surface area contributed by atoms with Crippen LogP contribution in [0.15, 0.2) is 49.3 Å². The number of anilines is 1. The number of hydrogen-bond acceptors (Lipinski definition) is 8. The van der Waals surface area contributed by atoms with E-state index in [1.54, 1.807) is 34.9 Å². The Kier molecular flexibility index (Phi) is 5.70. The van der Waals surface area contributed by atoms with Gasteiger partial charge in [0.25, 0.3) is 5.91 Å². The fourth-order valence-electron chi connectivity index (χ4n) is 3.21. The molecule has 1 amide bonds. The van der Waals surface area contributed by atoms with E-state index in [-0.39, 0.29) is 37.4 Å². The van der Waals surface area contributed by atoms with Crippen molar-refractivity contribution in [3.8, 4) is 6.01 Å². The Labute approximate surface area is 171 Å². The zero-order valence-corrected chi connectivity index (χ0v) is 16.0. The minimum absolute atomic E-state index is 0.0322. The number of aliphatic hydroxyl groups excluding tert-OH is 2. The van der Waals surface area contributed by atoms with Crippen LogP contribution in [0, 0.1) is 0 Å². The van der Waals surface area contributed by atoms with Crippen LogP contribution in [0.3, 0.4) is 0 Å². The summed E-state index contributed by atoms with van der Waals surface area (Å²) in [6.45, 7) is 3.48. The van der Waals surface area contributed by atoms with E-state index in [1.165, 1.54) is 6.33 Å². The summed E-state index contributed by atoms with van der Waals surface area (Å²) in [4.78, 5) is 25.6. The molecule has 156 valence electrons. The summed E-state index contributed by atoms with van der Waals surface area (Å²) in [5, 5.41) is 22.2. The highest BCUT2D eigenvalue weighted by Crippen LogP contribution is 2.32. The van der Waals surface area contributed by atoms with Gasteiger partial charge in [-0.3, -0.25) is 9.36 Å². The van der Waals surface area contributed by atoms with Crippen molar-refractivity contribution in [1.29, 1.82) is 0 Å². The molecule has 10 heteroatoms. The van der Waals surface area contributed by atoms with Gasteiger partial charge in [0.05, 0.1) is 19.0 Å². The molecule has 1 aliphatic heterocycles. The second-order valence-corrected chi connectivity index (χ2v) is 6.71. The maximum absolute atomic E-state index is 12.6. The van der Waals surface area contributed by atoms with Crippen LogP contribution in [0.25, 0.3) is 11.2 Å². The number of hydrogen-bond donors (Lipinski definition) is 3. The molecule has 0 unspecified atom stereocenters. The number of nitrogens with one attached hydrogen (secondary N) is 1. The van der Waals surface area contributed by atoms with Gasteiger partial charge < -0.3 is 25.0 Å². The second-order valence-electron chi connectivity index (χ2n) is 6.71. The van der Waals surface area contributed by atoms with E-state index in [1.807, 2.05) is 6.07 Å². The molecule has 0 spiro atoms. The summed E-state index contributed by atoms with van der Waals surface area (Å²) in [6, 6.07) is 8.74. The number of imidazole rings is 1. The molecule has 1 saturated heterocycles. The lowest BCUT2D eigenvalue weighted by Crippen LogP contribution is -2.24. The van der Waals surface area contributed by atoms with Crippen LogP contribution < -0.4 is 10.1 Å². The first-order chi connectivity index (χ1) is 14.6. The molecular formula is C20H21N5O5. The van der Waals surface area contributed by atoms with Crippen molar-refractivity contribution in [2.24, 2.45) is 0 Å². The van der Waals surface area contributed by atoms with Crippen molar-refractivity contribution in [2.45, 2.75) is 24.9 Å². The molecule has 3 atom stereocenters. The predicted molar refractivity (Wildman–Crippen MR) is 107 cm³/mol. The summed E-state index contributed by atoms with van der Waals surface area (Å²) in [7, 11) is 0. The fraction of sp³-hybridized carbons (Fsp3) is 0.300. The lowest BCUT2D eigenvalue weighted by molar-refractivity contribution is -0.0432. The number of fused-ring (bicyclic) bond motifs is 1. The van der Waals surface area contributed by atoms with Crippen molar-refractivity contribution < 1.29 is 24.5 Å². The zero-order valence-electron chi connectivity index (χ0n) is 16.0. The average Bonchev–Trinajstić information content (AvgIpc) is 3.35. The van der Waals surface area contributed by atoms with E-state index < -0.39 is 18.4 Å². The number of aromatic nitrogens is 4. The number of amides is 1. The molecule has 0 radical (unpaired) electrons. The van der Waals surface area contributed by atoms with Crippen LogP contribution in [-0.2, 0) is 4.74 Å². The lowest BCUT2D eigenvalue weighted by atomic mass is 10.2. The molecule has 30 heavy (non-hydrogen) atoms. The molecule has 3 heterocycles. The summed E-state index contributed by atoms with van der Waals surface area (Å²) < 4.78 is 12.8. The van der Waals surface area contributed by atoms with E-state index in [4.69, 9.17) is 9.47 Å². The van der Waals surface area contributed by atoms with Gasteiger partial charge in [0.2, 0.25) is 0 Å². The largest absolute Gasteiger partial charge is 0.459 e. The van der Waals surface area contributed by atoms with Crippen LogP contribution in [0.1, 0.15) is 23.0 Å². The summed E-state index contributed by atoms with van der Waals surface area (Å²) in [5.41, 5.74) is 1.17. The first-order valence-corrected chi connectivity index (χ1v) is 9.39. The van der Waals surface area contributed by atoms with Gasteiger partial charge in [-0.05, 0) is 12.1 Å². The monoisotopic (exact) mass is 411 g/mol. The van der Waals surface area contributed by atoms with E-state index in [9.17, 15) is 15.0 Å². The number of ether oxygens (including phenoxy) is 2. The van der Waals surface area contributed by atoms with Crippen molar-refractivity contribution in [3.05, 3.63) is 54.9 Å². The van der Waals surface area contributed by atoms with Crippen molar-refractivity contribution >= 4 is 22.9 Å². The molecule has 1 aliphatic rings. The second kappa shape index (κ2) is 8.57. The zero-order chi connectivity index (χ0) is 21.1. The normalized spacial score (nSPS) is 20.9. The van der Waals surface area contributed by atoms with Gasteiger partial charge in [-0.1, -0.05) is 30.9 Å². The van der Waals surface area contributed by atoms with Gasteiger partial charge in [-0.2, -0.15) is 9.97 Å². The number of aliphatic hydroxyl groups is 2. The molecule has 2 aromatic heterocycles. The predicted octanol–water partition coefficient (Wildman–Crippen LogP) is 1.28. The molecule has 10 nitrogen and oxygen atoms in total. The third kappa shape index (κ3) is 3.88. The van der Waals surface area contributed by atoms with Gasteiger partial charge in [-0.15, -0.1) is 0 Å². The highest BCUT2D eigenvalue weighted by atomic mass is 16.5. The Morgan fingerprint density at radius 2 is 2.17 bits per heavy atom. The highest BCUT2D eigenvalue weighted by Gasteiger charge is 2.35. The Hall–Kier alpha value is -3.34. The third-order valence-electron chi connectivity index (χ3n) is 4.69.